The van der Waals surface area contributed by atoms with Crippen LogP contribution in [0.25, 0.3) is 0 Å². The monoisotopic (exact) mass is 283 g/mol. The smallest absolute Gasteiger partial charge is 0.336 e. The summed E-state index contributed by atoms with van der Waals surface area (Å²) in [5.41, 5.74) is 5.58. The van der Waals surface area contributed by atoms with E-state index < -0.39 is 5.97 Å². The lowest BCUT2D eigenvalue weighted by Gasteiger charge is -1.96. The molecule has 3 nitrogen and oxygen atoms in total. The molecule has 0 aromatic heterocycles. The van der Waals surface area contributed by atoms with E-state index in [0.29, 0.717) is 4.90 Å². The first kappa shape index (κ1) is 18.0. The van der Waals surface area contributed by atoms with Gasteiger partial charge < -0.3 is 10.8 Å². The van der Waals surface area contributed by atoms with Gasteiger partial charge in [-0.25, -0.2) is 4.79 Å². The van der Waals surface area contributed by atoms with Crippen molar-refractivity contribution in [2.75, 3.05) is 6.54 Å². The third-order valence-electron chi connectivity index (χ3n) is 2.69. The lowest BCUT2D eigenvalue weighted by molar-refractivity contribution is 0.0693. The fourth-order valence-electron chi connectivity index (χ4n) is 1.58. The maximum Gasteiger partial charge on any atom is 0.336 e. The summed E-state index contributed by atoms with van der Waals surface area (Å²) in [4.78, 5) is 10.9. The van der Waals surface area contributed by atoms with E-state index in [1.807, 2.05) is 0 Å². The highest BCUT2D eigenvalue weighted by molar-refractivity contribution is 7.80. The number of benzene rings is 1. The van der Waals surface area contributed by atoms with Crippen molar-refractivity contribution in [2.45, 2.75) is 50.3 Å². The topological polar surface area (TPSA) is 63.3 Å². The van der Waals surface area contributed by atoms with Crippen LogP contribution in [0, 0.1) is 0 Å². The van der Waals surface area contributed by atoms with Crippen molar-refractivity contribution < 1.29 is 9.90 Å². The zero-order valence-corrected chi connectivity index (χ0v) is 12.5. The number of nitrogens with two attached hydrogens (primary N) is 1. The normalized spacial score (nSPS) is 9.63. The van der Waals surface area contributed by atoms with E-state index in [1.54, 1.807) is 18.2 Å². The molecule has 4 heteroatoms. The van der Waals surface area contributed by atoms with E-state index in [9.17, 15) is 4.79 Å². The largest absolute Gasteiger partial charge is 0.478 e. The molecule has 0 amide bonds. The molecule has 0 aliphatic rings. The lowest BCUT2D eigenvalue weighted by Crippen LogP contribution is -1.97. The van der Waals surface area contributed by atoms with E-state index >= 15 is 0 Å². The molecule has 1 aromatic rings. The Kier molecular flexibility index (Phi) is 11.4. The Morgan fingerprint density at radius 3 is 2.21 bits per heavy atom. The lowest BCUT2D eigenvalue weighted by atomic mass is 10.1. The van der Waals surface area contributed by atoms with E-state index in [1.165, 1.54) is 44.6 Å². The number of carboxylic acids is 1. The molecule has 1 rings (SSSR count). The molecule has 0 atom stereocenters. The Bertz CT molecular complexity index is 350. The van der Waals surface area contributed by atoms with Crippen LogP contribution in [-0.2, 0) is 0 Å². The Balaban J connectivity index is 0.000000344. The number of carboxylic acid groups (broad SMARTS) is 1. The second-order valence-corrected chi connectivity index (χ2v) is 4.86. The first-order valence-corrected chi connectivity index (χ1v) is 7.29. The Labute approximate surface area is 121 Å². The number of unbranched alkanes of at least 4 members (excludes halogenated alkanes) is 5. The molecule has 0 bridgehead atoms. The van der Waals surface area contributed by atoms with Gasteiger partial charge in [-0.15, -0.1) is 12.6 Å². The predicted octanol–water partition coefficient (Wildman–Crippen LogP) is 3.98. The van der Waals surface area contributed by atoms with Crippen LogP contribution in [0.15, 0.2) is 29.2 Å². The summed E-state index contributed by atoms with van der Waals surface area (Å²) in [5, 5.41) is 8.52. The molecule has 0 radical (unpaired) electrons. The Morgan fingerprint density at radius 2 is 1.74 bits per heavy atom. The van der Waals surface area contributed by atoms with E-state index in [4.69, 9.17) is 10.8 Å². The van der Waals surface area contributed by atoms with Gasteiger partial charge in [-0.05, 0) is 25.1 Å². The third-order valence-corrected chi connectivity index (χ3v) is 3.08. The molecule has 0 saturated carbocycles. The summed E-state index contributed by atoms with van der Waals surface area (Å²) in [7, 11) is 0. The zero-order valence-electron chi connectivity index (χ0n) is 11.6. The average molecular weight is 283 g/mol. The second-order valence-electron chi connectivity index (χ2n) is 4.38. The van der Waals surface area contributed by atoms with Crippen LogP contribution in [0.2, 0.25) is 0 Å². The third kappa shape index (κ3) is 9.56. The van der Waals surface area contributed by atoms with Crippen molar-refractivity contribution in [3.8, 4) is 0 Å². The first-order chi connectivity index (χ1) is 9.13. The summed E-state index contributed by atoms with van der Waals surface area (Å²) in [6.45, 7) is 3.11. The number of hydrogen-bond acceptors (Lipinski definition) is 3. The van der Waals surface area contributed by atoms with Crippen molar-refractivity contribution in [2.24, 2.45) is 5.73 Å². The van der Waals surface area contributed by atoms with Gasteiger partial charge in [0, 0.05) is 4.90 Å². The minimum atomic E-state index is -0.939. The number of thiol groups is 1. The van der Waals surface area contributed by atoms with Crippen LogP contribution in [0.4, 0.5) is 0 Å². The molecule has 19 heavy (non-hydrogen) atoms. The van der Waals surface area contributed by atoms with Gasteiger partial charge in [0.25, 0.3) is 0 Å². The van der Waals surface area contributed by atoms with Crippen LogP contribution in [0.1, 0.15) is 55.8 Å². The maximum atomic E-state index is 10.4. The quantitative estimate of drug-likeness (QED) is 0.524. The number of aromatic carboxylic acids is 1. The molecule has 0 aliphatic heterocycles. The van der Waals surface area contributed by atoms with Gasteiger partial charge in [-0.2, -0.15) is 0 Å². The molecule has 1 aromatic carbocycles. The Hall–Kier alpha value is -1.00. The van der Waals surface area contributed by atoms with Gasteiger partial charge in [-0.3, -0.25) is 0 Å². The van der Waals surface area contributed by atoms with Crippen LogP contribution in [-0.4, -0.2) is 17.6 Å². The van der Waals surface area contributed by atoms with E-state index in [2.05, 4.69) is 19.6 Å². The fourth-order valence-corrected chi connectivity index (χ4v) is 1.84. The highest BCUT2D eigenvalue weighted by Gasteiger charge is 2.03. The Morgan fingerprint density at radius 1 is 1.16 bits per heavy atom. The summed E-state index contributed by atoms with van der Waals surface area (Å²) in [5.74, 6) is -0.939. The molecule has 0 unspecified atom stereocenters. The molecule has 3 N–H and O–H groups in total. The summed E-state index contributed by atoms with van der Waals surface area (Å²) in [6, 6.07) is 6.58. The second kappa shape index (κ2) is 12.1. The van der Waals surface area contributed by atoms with Gasteiger partial charge in [0.15, 0.2) is 0 Å². The number of hydrogen-bond donors (Lipinski definition) is 3. The zero-order chi connectivity index (χ0) is 14.5. The molecule has 0 heterocycles. The van der Waals surface area contributed by atoms with Crippen molar-refractivity contribution in [1.29, 1.82) is 0 Å². The number of rotatable bonds is 7. The van der Waals surface area contributed by atoms with Gasteiger partial charge in [0.2, 0.25) is 0 Å². The van der Waals surface area contributed by atoms with E-state index in [-0.39, 0.29) is 5.56 Å². The molecule has 0 spiro atoms. The first-order valence-electron chi connectivity index (χ1n) is 6.84. The van der Waals surface area contributed by atoms with Crippen molar-refractivity contribution >= 4 is 18.6 Å². The highest BCUT2D eigenvalue weighted by Crippen LogP contribution is 2.11. The van der Waals surface area contributed by atoms with Crippen molar-refractivity contribution in [1.82, 2.24) is 0 Å². The minimum absolute atomic E-state index is 0.242. The van der Waals surface area contributed by atoms with Crippen molar-refractivity contribution in [3.05, 3.63) is 29.8 Å². The molecule has 0 fully saturated rings. The summed E-state index contributed by atoms with van der Waals surface area (Å²) < 4.78 is 0. The SMILES string of the molecule is CCCCCCCCN.O=C(O)c1ccccc1S. The fraction of sp³-hybridized carbons (Fsp3) is 0.533. The maximum absolute atomic E-state index is 10.4. The van der Waals surface area contributed by atoms with Crippen molar-refractivity contribution in [3.63, 3.8) is 0 Å². The molecular formula is C15H25NO2S. The van der Waals surface area contributed by atoms with Gasteiger partial charge in [-0.1, -0.05) is 51.2 Å². The molecule has 0 saturated heterocycles. The predicted molar refractivity (Wildman–Crippen MR) is 83.1 cm³/mol. The minimum Gasteiger partial charge on any atom is -0.478 e. The average Bonchev–Trinajstić information content (AvgIpc) is 2.40. The molecular weight excluding hydrogens is 258 g/mol. The van der Waals surface area contributed by atoms with Crippen LogP contribution < -0.4 is 5.73 Å². The van der Waals surface area contributed by atoms with Gasteiger partial charge >= 0.3 is 5.97 Å². The van der Waals surface area contributed by atoms with Gasteiger partial charge in [0.1, 0.15) is 0 Å². The summed E-state index contributed by atoms with van der Waals surface area (Å²) in [6.07, 6.45) is 8.05. The van der Waals surface area contributed by atoms with Crippen LogP contribution in [0.5, 0.6) is 0 Å². The van der Waals surface area contributed by atoms with Crippen LogP contribution in [0.3, 0.4) is 0 Å². The summed E-state index contributed by atoms with van der Waals surface area (Å²) >= 11 is 3.96. The van der Waals surface area contributed by atoms with Crippen LogP contribution >= 0.6 is 12.6 Å². The molecule has 0 aliphatic carbocycles. The van der Waals surface area contributed by atoms with Gasteiger partial charge in [0.05, 0.1) is 5.56 Å². The number of carbonyl (C=O) groups is 1. The molecule has 108 valence electrons. The van der Waals surface area contributed by atoms with E-state index in [0.717, 1.165) is 6.54 Å². The highest BCUT2D eigenvalue weighted by atomic mass is 32.1. The standard InChI is InChI=1S/C8H19N.C7H6O2S/c1-2-3-4-5-6-7-8-9;8-7(9)5-3-1-2-4-6(5)10/h2-9H2,1H3;1-4,10H,(H,8,9).